The van der Waals surface area contributed by atoms with Gasteiger partial charge in [0.2, 0.25) is 0 Å². The van der Waals surface area contributed by atoms with Gasteiger partial charge in [-0.3, -0.25) is 4.79 Å². The third-order valence-corrected chi connectivity index (χ3v) is 4.83. The zero-order chi connectivity index (χ0) is 16.6. The van der Waals surface area contributed by atoms with E-state index in [4.69, 9.17) is 23.2 Å². The standard InChI is InChI=1S/C18H17Cl2NO2/c1-11-3-2-8-21(11)18(23)14-6-4-12(9-16(14)20)15-10-13(19)5-7-17(15)22/h4-7,9-11,22H,2-3,8H2,1H3. The van der Waals surface area contributed by atoms with Crippen LogP contribution in [0.25, 0.3) is 11.1 Å². The smallest absolute Gasteiger partial charge is 0.255 e. The number of aromatic hydroxyl groups is 1. The number of nitrogens with zero attached hydrogens (tertiary/aromatic N) is 1. The summed E-state index contributed by atoms with van der Waals surface area (Å²) in [5.41, 5.74) is 1.81. The Balaban J connectivity index is 1.95. The first-order valence-electron chi connectivity index (χ1n) is 7.57. The minimum atomic E-state index is -0.0399. The van der Waals surface area contributed by atoms with E-state index in [2.05, 4.69) is 6.92 Å². The van der Waals surface area contributed by atoms with Crippen molar-refractivity contribution in [1.82, 2.24) is 4.90 Å². The second kappa shape index (κ2) is 6.42. The van der Waals surface area contributed by atoms with Crippen molar-refractivity contribution in [2.24, 2.45) is 0 Å². The highest BCUT2D eigenvalue weighted by Gasteiger charge is 2.27. The first kappa shape index (κ1) is 16.2. The Hall–Kier alpha value is -1.71. The summed E-state index contributed by atoms with van der Waals surface area (Å²) < 4.78 is 0. The fourth-order valence-corrected chi connectivity index (χ4v) is 3.42. The normalized spacial score (nSPS) is 17.5. The fourth-order valence-electron chi connectivity index (χ4n) is 2.99. The highest BCUT2D eigenvalue weighted by Crippen LogP contribution is 2.34. The number of benzene rings is 2. The van der Waals surface area contributed by atoms with Crippen LogP contribution < -0.4 is 0 Å². The zero-order valence-electron chi connectivity index (χ0n) is 12.7. The minimum absolute atomic E-state index is 0.0399. The molecule has 0 spiro atoms. The number of hydrogen-bond donors (Lipinski definition) is 1. The number of hydrogen-bond acceptors (Lipinski definition) is 2. The molecule has 1 aliphatic rings. The van der Waals surface area contributed by atoms with Crippen molar-refractivity contribution >= 4 is 29.1 Å². The molecule has 0 aliphatic carbocycles. The molecule has 1 heterocycles. The highest BCUT2D eigenvalue weighted by molar-refractivity contribution is 6.34. The maximum atomic E-state index is 12.6. The van der Waals surface area contributed by atoms with E-state index in [1.54, 1.807) is 30.3 Å². The van der Waals surface area contributed by atoms with E-state index in [0.29, 0.717) is 21.2 Å². The van der Waals surface area contributed by atoms with E-state index < -0.39 is 0 Å². The van der Waals surface area contributed by atoms with Crippen LogP contribution in [0.2, 0.25) is 10.0 Å². The van der Waals surface area contributed by atoms with E-state index in [1.807, 2.05) is 4.90 Å². The van der Waals surface area contributed by atoms with Crippen molar-refractivity contribution in [3.63, 3.8) is 0 Å². The van der Waals surface area contributed by atoms with Crippen LogP contribution in [-0.2, 0) is 0 Å². The molecule has 1 atom stereocenters. The molecular formula is C18H17Cl2NO2. The Morgan fingerprint density at radius 1 is 1.22 bits per heavy atom. The summed E-state index contributed by atoms with van der Waals surface area (Å²) >= 11 is 12.3. The molecule has 0 radical (unpaired) electrons. The summed E-state index contributed by atoms with van der Waals surface area (Å²) in [7, 11) is 0. The summed E-state index contributed by atoms with van der Waals surface area (Å²) in [5.74, 6) is 0.0829. The van der Waals surface area contributed by atoms with E-state index >= 15 is 0 Å². The van der Waals surface area contributed by atoms with Crippen LogP contribution in [0.4, 0.5) is 0 Å². The van der Waals surface area contributed by atoms with Gasteiger partial charge in [-0.1, -0.05) is 29.3 Å². The molecule has 0 aromatic heterocycles. The van der Waals surface area contributed by atoms with Gasteiger partial charge >= 0.3 is 0 Å². The molecule has 5 heteroatoms. The van der Waals surface area contributed by atoms with Crippen LogP contribution in [0.5, 0.6) is 5.75 Å². The molecule has 1 aliphatic heterocycles. The molecule has 0 bridgehead atoms. The molecule has 1 N–H and O–H groups in total. The number of amides is 1. The molecule has 2 aromatic carbocycles. The summed E-state index contributed by atoms with van der Waals surface area (Å²) in [5, 5.41) is 10.9. The van der Waals surface area contributed by atoms with Crippen LogP contribution >= 0.6 is 23.2 Å². The predicted octanol–water partition coefficient (Wildman–Crippen LogP) is 4.99. The number of halogens is 2. The molecule has 23 heavy (non-hydrogen) atoms. The molecule has 1 unspecified atom stereocenters. The van der Waals surface area contributed by atoms with Crippen LogP contribution in [0.1, 0.15) is 30.1 Å². The van der Waals surface area contributed by atoms with E-state index in [9.17, 15) is 9.90 Å². The van der Waals surface area contributed by atoms with Gasteiger partial charge in [-0.25, -0.2) is 0 Å². The number of phenols is 1. The molecule has 1 fully saturated rings. The monoisotopic (exact) mass is 349 g/mol. The first-order chi connectivity index (χ1) is 11.0. The molecule has 120 valence electrons. The third kappa shape index (κ3) is 3.17. The van der Waals surface area contributed by atoms with Crippen LogP contribution in [-0.4, -0.2) is 28.5 Å². The molecule has 3 rings (SSSR count). The lowest BCUT2D eigenvalue weighted by molar-refractivity contribution is 0.0747. The Morgan fingerprint density at radius 2 is 2.00 bits per heavy atom. The maximum Gasteiger partial charge on any atom is 0.255 e. The Kier molecular flexibility index (Phi) is 4.51. The van der Waals surface area contributed by atoms with Crippen molar-refractivity contribution in [2.45, 2.75) is 25.8 Å². The van der Waals surface area contributed by atoms with Gasteiger partial charge in [0.25, 0.3) is 5.91 Å². The van der Waals surface area contributed by atoms with Gasteiger partial charge in [-0.15, -0.1) is 0 Å². The Labute approximate surface area is 145 Å². The van der Waals surface area contributed by atoms with E-state index in [0.717, 1.165) is 24.9 Å². The fraction of sp³-hybridized carbons (Fsp3) is 0.278. The van der Waals surface area contributed by atoms with Crippen molar-refractivity contribution < 1.29 is 9.90 Å². The summed E-state index contributed by atoms with van der Waals surface area (Å²) in [6.07, 6.45) is 2.05. The quantitative estimate of drug-likeness (QED) is 0.829. The molecule has 2 aromatic rings. The van der Waals surface area contributed by atoms with Gasteiger partial charge < -0.3 is 10.0 Å². The van der Waals surface area contributed by atoms with Crippen molar-refractivity contribution in [3.05, 3.63) is 52.0 Å². The summed E-state index contributed by atoms with van der Waals surface area (Å²) in [4.78, 5) is 14.5. The SMILES string of the molecule is CC1CCCN1C(=O)c1ccc(-c2cc(Cl)ccc2O)cc1Cl. The molecule has 1 saturated heterocycles. The topological polar surface area (TPSA) is 40.5 Å². The van der Waals surface area contributed by atoms with Crippen molar-refractivity contribution in [1.29, 1.82) is 0 Å². The lowest BCUT2D eigenvalue weighted by Gasteiger charge is -2.22. The van der Waals surface area contributed by atoms with E-state index in [-0.39, 0.29) is 17.7 Å². The Bertz CT molecular complexity index is 761. The van der Waals surface area contributed by atoms with Crippen molar-refractivity contribution in [2.75, 3.05) is 6.54 Å². The van der Waals surface area contributed by atoms with Crippen LogP contribution in [0.3, 0.4) is 0 Å². The molecule has 1 amide bonds. The molecular weight excluding hydrogens is 333 g/mol. The van der Waals surface area contributed by atoms with Gasteiger partial charge in [0.15, 0.2) is 0 Å². The zero-order valence-corrected chi connectivity index (χ0v) is 14.2. The van der Waals surface area contributed by atoms with Gasteiger partial charge in [-0.05, 0) is 55.7 Å². The number of rotatable bonds is 2. The minimum Gasteiger partial charge on any atom is -0.507 e. The molecule has 0 saturated carbocycles. The average Bonchev–Trinajstić information content (AvgIpc) is 2.95. The second-order valence-corrected chi connectivity index (χ2v) is 6.69. The summed E-state index contributed by atoms with van der Waals surface area (Å²) in [6, 6.07) is 10.3. The van der Waals surface area contributed by atoms with Crippen LogP contribution in [0, 0.1) is 0 Å². The summed E-state index contributed by atoms with van der Waals surface area (Å²) in [6.45, 7) is 2.82. The largest absolute Gasteiger partial charge is 0.507 e. The average molecular weight is 350 g/mol. The van der Waals surface area contributed by atoms with Gasteiger partial charge in [0.1, 0.15) is 5.75 Å². The Morgan fingerprint density at radius 3 is 2.65 bits per heavy atom. The molecule has 3 nitrogen and oxygen atoms in total. The maximum absolute atomic E-state index is 12.6. The first-order valence-corrected chi connectivity index (χ1v) is 8.32. The number of phenolic OH excluding ortho intramolecular Hbond substituents is 1. The highest BCUT2D eigenvalue weighted by atomic mass is 35.5. The van der Waals surface area contributed by atoms with Gasteiger partial charge in [0, 0.05) is 23.2 Å². The van der Waals surface area contributed by atoms with Crippen LogP contribution in [0.15, 0.2) is 36.4 Å². The lowest BCUT2D eigenvalue weighted by atomic mass is 10.0. The lowest BCUT2D eigenvalue weighted by Crippen LogP contribution is -2.33. The number of carbonyl (C=O) groups excluding carboxylic acids is 1. The predicted molar refractivity (Wildman–Crippen MR) is 93.3 cm³/mol. The second-order valence-electron chi connectivity index (χ2n) is 5.85. The number of carbonyl (C=O) groups is 1. The third-order valence-electron chi connectivity index (χ3n) is 4.28. The van der Waals surface area contributed by atoms with Gasteiger partial charge in [-0.2, -0.15) is 0 Å². The van der Waals surface area contributed by atoms with E-state index in [1.165, 1.54) is 6.07 Å². The number of likely N-dealkylation sites (tertiary alicyclic amines) is 1. The van der Waals surface area contributed by atoms with Crippen molar-refractivity contribution in [3.8, 4) is 16.9 Å². The van der Waals surface area contributed by atoms with Gasteiger partial charge in [0.05, 0.1) is 10.6 Å².